The first-order chi connectivity index (χ1) is 5.74. The van der Waals surface area contributed by atoms with Gasteiger partial charge in [-0.1, -0.05) is 6.08 Å². The quantitative estimate of drug-likeness (QED) is 0.587. The van der Waals surface area contributed by atoms with Crippen LogP contribution in [0.2, 0.25) is 0 Å². The lowest BCUT2D eigenvalue weighted by molar-refractivity contribution is -0.179. The van der Waals surface area contributed by atoms with Crippen LogP contribution in [-0.2, 0) is 9.63 Å². The summed E-state index contributed by atoms with van der Waals surface area (Å²) in [5, 5.41) is 1.73. The molecule has 1 aliphatic heterocycles. The zero-order valence-corrected chi connectivity index (χ0v) is 7.67. The van der Waals surface area contributed by atoms with Crippen molar-refractivity contribution in [1.82, 2.24) is 5.06 Å². The molecule has 0 unspecified atom stereocenters. The van der Waals surface area contributed by atoms with Gasteiger partial charge in [0, 0.05) is 18.7 Å². The van der Waals surface area contributed by atoms with E-state index in [2.05, 4.69) is 0 Å². The predicted molar refractivity (Wildman–Crippen MR) is 46.3 cm³/mol. The molecule has 1 rings (SSSR count). The van der Waals surface area contributed by atoms with Gasteiger partial charge < -0.3 is 4.84 Å². The minimum absolute atomic E-state index is 0.223. The van der Waals surface area contributed by atoms with E-state index in [1.165, 1.54) is 0 Å². The fourth-order valence-corrected chi connectivity index (χ4v) is 1.09. The van der Waals surface area contributed by atoms with Crippen molar-refractivity contribution < 1.29 is 9.63 Å². The van der Waals surface area contributed by atoms with Crippen molar-refractivity contribution >= 4 is 5.97 Å². The molecule has 1 saturated heterocycles. The minimum atomic E-state index is -0.223. The van der Waals surface area contributed by atoms with Crippen molar-refractivity contribution in [3.63, 3.8) is 0 Å². The Kier molecular flexibility index (Phi) is 3.29. The number of nitrogens with zero attached hydrogens (tertiary/aromatic N) is 1. The van der Waals surface area contributed by atoms with E-state index in [-0.39, 0.29) is 5.97 Å². The van der Waals surface area contributed by atoms with Gasteiger partial charge in [-0.2, -0.15) is 0 Å². The van der Waals surface area contributed by atoms with Crippen LogP contribution >= 0.6 is 0 Å². The Balaban J connectivity index is 2.35. The molecular weight excluding hydrogens is 154 g/mol. The monoisotopic (exact) mass is 169 g/mol. The topological polar surface area (TPSA) is 29.5 Å². The van der Waals surface area contributed by atoms with Crippen LogP contribution in [-0.4, -0.2) is 24.1 Å². The number of carbonyl (C=O) groups is 1. The summed E-state index contributed by atoms with van der Waals surface area (Å²) in [6.45, 7) is 5.35. The second-order valence-corrected chi connectivity index (χ2v) is 2.99. The van der Waals surface area contributed by atoms with Crippen molar-refractivity contribution in [1.29, 1.82) is 0 Å². The molecule has 0 N–H and O–H groups in total. The van der Waals surface area contributed by atoms with Crippen LogP contribution in [0, 0.1) is 0 Å². The third kappa shape index (κ3) is 2.34. The number of hydrogen-bond acceptors (Lipinski definition) is 3. The second kappa shape index (κ2) is 4.26. The van der Waals surface area contributed by atoms with E-state index in [4.69, 9.17) is 4.84 Å². The van der Waals surface area contributed by atoms with Crippen LogP contribution in [0.25, 0.3) is 0 Å². The summed E-state index contributed by atoms with van der Waals surface area (Å²) in [7, 11) is 0. The van der Waals surface area contributed by atoms with Crippen molar-refractivity contribution in [2.24, 2.45) is 0 Å². The molecule has 0 bridgehead atoms. The van der Waals surface area contributed by atoms with Gasteiger partial charge in [0.15, 0.2) is 0 Å². The Morgan fingerprint density at radius 2 is 2.00 bits per heavy atom. The van der Waals surface area contributed by atoms with Crippen LogP contribution < -0.4 is 0 Å². The zero-order valence-electron chi connectivity index (χ0n) is 7.67. The maximum Gasteiger partial charge on any atom is 0.352 e. The van der Waals surface area contributed by atoms with Crippen molar-refractivity contribution in [3.8, 4) is 0 Å². The summed E-state index contributed by atoms with van der Waals surface area (Å²) >= 11 is 0. The molecule has 1 heterocycles. The summed E-state index contributed by atoms with van der Waals surface area (Å²) in [6, 6.07) is 0. The Bertz CT molecular complexity index is 193. The first-order valence-electron chi connectivity index (χ1n) is 4.34. The van der Waals surface area contributed by atoms with E-state index < -0.39 is 0 Å². The highest BCUT2D eigenvalue weighted by Gasteiger charge is 2.16. The van der Waals surface area contributed by atoms with Crippen LogP contribution in [0.4, 0.5) is 0 Å². The lowest BCUT2D eigenvalue weighted by Crippen LogP contribution is -2.24. The molecule has 0 radical (unpaired) electrons. The van der Waals surface area contributed by atoms with Gasteiger partial charge in [-0.3, -0.25) is 0 Å². The third-order valence-electron chi connectivity index (χ3n) is 2.03. The third-order valence-corrected chi connectivity index (χ3v) is 2.03. The standard InChI is InChI=1S/C9H15NO2/c1-3-8(2)9(11)12-10-6-4-5-7-10/h3H,4-7H2,1-2H3/b8-3+. The van der Waals surface area contributed by atoms with E-state index in [1.54, 1.807) is 18.1 Å². The molecule has 1 fully saturated rings. The summed E-state index contributed by atoms with van der Waals surface area (Å²) < 4.78 is 0. The number of hydrogen-bond donors (Lipinski definition) is 0. The van der Waals surface area contributed by atoms with Crippen LogP contribution in [0.1, 0.15) is 26.7 Å². The number of allylic oxidation sites excluding steroid dienone is 1. The van der Waals surface area contributed by atoms with Gasteiger partial charge in [-0.15, -0.1) is 5.06 Å². The van der Waals surface area contributed by atoms with E-state index >= 15 is 0 Å². The fourth-order valence-electron chi connectivity index (χ4n) is 1.09. The molecule has 0 spiro atoms. The first-order valence-corrected chi connectivity index (χ1v) is 4.34. The van der Waals surface area contributed by atoms with Crippen molar-refractivity contribution in [2.45, 2.75) is 26.7 Å². The lowest BCUT2D eigenvalue weighted by Gasteiger charge is -2.13. The largest absolute Gasteiger partial charge is 0.364 e. The SMILES string of the molecule is C/C=C(\C)C(=O)ON1CCCC1. The maximum atomic E-state index is 11.2. The zero-order chi connectivity index (χ0) is 8.97. The van der Waals surface area contributed by atoms with Crippen molar-refractivity contribution in [2.75, 3.05) is 13.1 Å². The summed E-state index contributed by atoms with van der Waals surface area (Å²) in [4.78, 5) is 16.3. The minimum Gasteiger partial charge on any atom is -0.364 e. The molecule has 0 aromatic rings. The highest BCUT2D eigenvalue weighted by Crippen LogP contribution is 2.09. The van der Waals surface area contributed by atoms with E-state index in [1.807, 2.05) is 6.92 Å². The highest BCUT2D eigenvalue weighted by molar-refractivity contribution is 5.87. The Morgan fingerprint density at radius 3 is 2.50 bits per heavy atom. The average Bonchev–Trinajstić information content (AvgIpc) is 2.55. The van der Waals surface area contributed by atoms with Gasteiger partial charge in [0.25, 0.3) is 0 Å². The first kappa shape index (κ1) is 9.26. The Hall–Kier alpha value is -0.830. The normalized spacial score (nSPS) is 19.7. The molecule has 3 heteroatoms. The molecule has 0 aromatic heterocycles. The second-order valence-electron chi connectivity index (χ2n) is 2.99. The molecule has 0 aliphatic carbocycles. The van der Waals surface area contributed by atoms with E-state index in [0.717, 1.165) is 25.9 Å². The van der Waals surface area contributed by atoms with Gasteiger partial charge in [-0.05, 0) is 26.7 Å². The molecule has 68 valence electrons. The summed E-state index contributed by atoms with van der Waals surface area (Å²) in [6.07, 6.45) is 4.02. The molecule has 3 nitrogen and oxygen atoms in total. The van der Waals surface area contributed by atoms with Crippen LogP contribution in [0.5, 0.6) is 0 Å². The Labute approximate surface area is 73.0 Å². The van der Waals surface area contributed by atoms with E-state index in [9.17, 15) is 4.79 Å². The molecule has 0 aromatic carbocycles. The summed E-state index contributed by atoms with van der Waals surface area (Å²) in [5.74, 6) is -0.223. The molecule has 1 aliphatic rings. The van der Waals surface area contributed by atoms with E-state index in [0.29, 0.717) is 5.57 Å². The predicted octanol–water partition coefficient (Wildman–Crippen LogP) is 1.51. The Morgan fingerprint density at radius 1 is 1.42 bits per heavy atom. The average molecular weight is 169 g/mol. The van der Waals surface area contributed by atoms with Gasteiger partial charge >= 0.3 is 5.97 Å². The van der Waals surface area contributed by atoms with Crippen molar-refractivity contribution in [3.05, 3.63) is 11.6 Å². The maximum absolute atomic E-state index is 11.2. The van der Waals surface area contributed by atoms with Gasteiger partial charge in [0.2, 0.25) is 0 Å². The molecule has 0 atom stereocenters. The molecule has 12 heavy (non-hydrogen) atoms. The number of rotatable bonds is 2. The molecule has 0 saturated carbocycles. The van der Waals surface area contributed by atoms with Crippen LogP contribution in [0.3, 0.4) is 0 Å². The van der Waals surface area contributed by atoms with Gasteiger partial charge in [0.05, 0.1) is 0 Å². The fraction of sp³-hybridized carbons (Fsp3) is 0.667. The number of carbonyl (C=O) groups excluding carboxylic acids is 1. The highest BCUT2D eigenvalue weighted by atomic mass is 16.7. The van der Waals surface area contributed by atoms with Gasteiger partial charge in [0.1, 0.15) is 0 Å². The van der Waals surface area contributed by atoms with Crippen LogP contribution in [0.15, 0.2) is 11.6 Å². The molecule has 0 amide bonds. The summed E-state index contributed by atoms with van der Waals surface area (Å²) in [5.41, 5.74) is 0.668. The lowest BCUT2D eigenvalue weighted by atomic mass is 10.3. The molecular formula is C9H15NO2. The number of hydroxylamine groups is 2. The van der Waals surface area contributed by atoms with Gasteiger partial charge in [-0.25, -0.2) is 4.79 Å². The smallest absolute Gasteiger partial charge is 0.352 e.